The number of benzene rings is 1. The molecule has 150 valence electrons. The zero-order chi connectivity index (χ0) is 19.9. The topological polar surface area (TPSA) is 49.2 Å². The van der Waals surface area contributed by atoms with Crippen LogP contribution < -0.4 is 4.90 Å². The molecule has 1 aromatic heterocycles. The predicted molar refractivity (Wildman–Crippen MR) is 115 cm³/mol. The Morgan fingerprint density at radius 2 is 1.93 bits per heavy atom. The van der Waals surface area contributed by atoms with Crippen molar-refractivity contribution in [2.45, 2.75) is 52.6 Å². The molecule has 28 heavy (non-hydrogen) atoms. The first-order chi connectivity index (χ1) is 13.4. The maximum Gasteiger partial charge on any atom is 0.153 e. The Bertz CT molecular complexity index is 878. The minimum absolute atomic E-state index is 0.140. The smallest absolute Gasteiger partial charge is 0.153 e. The number of anilines is 1. The van der Waals surface area contributed by atoms with Crippen LogP contribution in [-0.2, 0) is 6.61 Å². The van der Waals surface area contributed by atoms with Crippen LogP contribution in [-0.4, -0.2) is 28.2 Å². The summed E-state index contributed by atoms with van der Waals surface area (Å²) in [4.78, 5) is 11.9. The molecule has 1 saturated heterocycles. The van der Waals surface area contributed by atoms with E-state index in [4.69, 9.17) is 33.2 Å². The number of halogens is 2. The molecule has 4 nitrogen and oxygen atoms in total. The van der Waals surface area contributed by atoms with Crippen LogP contribution in [0, 0.1) is 18.3 Å². The maximum absolute atomic E-state index is 9.99. The quantitative estimate of drug-likeness (QED) is 0.696. The van der Waals surface area contributed by atoms with E-state index in [2.05, 4.69) is 11.8 Å². The van der Waals surface area contributed by atoms with Gasteiger partial charge in [0.2, 0.25) is 0 Å². The van der Waals surface area contributed by atoms with Crippen molar-refractivity contribution in [3.63, 3.8) is 0 Å². The van der Waals surface area contributed by atoms with Crippen LogP contribution in [0.2, 0.25) is 10.0 Å². The van der Waals surface area contributed by atoms with E-state index in [1.54, 1.807) is 12.1 Å². The number of aliphatic hydroxyl groups excluding tert-OH is 1. The lowest BCUT2D eigenvalue weighted by molar-refractivity contribution is 0.161. The van der Waals surface area contributed by atoms with E-state index < -0.39 is 0 Å². The molecule has 1 saturated carbocycles. The molecule has 1 aromatic carbocycles. The molecule has 2 fully saturated rings. The molecule has 0 bridgehead atoms. The van der Waals surface area contributed by atoms with Gasteiger partial charge in [-0.25, -0.2) is 9.97 Å². The minimum atomic E-state index is -0.140. The lowest BCUT2D eigenvalue weighted by Gasteiger charge is -2.43. The van der Waals surface area contributed by atoms with Gasteiger partial charge in [0.15, 0.2) is 5.82 Å². The second kappa shape index (κ2) is 7.81. The fourth-order valence-corrected chi connectivity index (χ4v) is 5.56. The molecule has 2 heterocycles. The average molecular weight is 420 g/mol. The average Bonchev–Trinajstić information content (AvgIpc) is 3.03. The van der Waals surface area contributed by atoms with Crippen LogP contribution in [0.25, 0.3) is 11.3 Å². The van der Waals surface area contributed by atoms with Crippen molar-refractivity contribution in [1.29, 1.82) is 0 Å². The van der Waals surface area contributed by atoms with E-state index >= 15 is 0 Å². The summed E-state index contributed by atoms with van der Waals surface area (Å²) >= 11 is 12.4. The second-order valence-corrected chi connectivity index (χ2v) is 9.20. The van der Waals surface area contributed by atoms with Gasteiger partial charge in [-0.05, 0) is 55.7 Å². The molecule has 1 aliphatic carbocycles. The highest BCUT2D eigenvalue weighted by atomic mass is 35.5. The van der Waals surface area contributed by atoms with Crippen LogP contribution in [0.3, 0.4) is 0 Å². The number of rotatable bonds is 3. The molecule has 1 spiro atoms. The first kappa shape index (κ1) is 19.9. The number of piperidine rings is 1. The summed E-state index contributed by atoms with van der Waals surface area (Å²) in [5, 5.41) is 11.1. The number of nitrogens with zero attached hydrogens (tertiary/aromatic N) is 3. The molecule has 1 aliphatic heterocycles. The third-order valence-corrected chi connectivity index (χ3v) is 7.42. The summed E-state index contributed by atoms with van der Waals surface area (Å²) in [5.74, 6) is 1.63. The lowest BCUT2D eigenvalue weighted by atomic mass is 9.71. The van der Waals surface area contributed by atoms with Crippen molar-refractivity contribution < 1.29 is 5.11 Å². The lowest BCUT2D eigenvalue weighted by Crippen LogP contribution is -2.42. The van der Waals surface area contributed by atoms with Crippen molar-refractivity contribution in [1.82, 2.24) is 9.97 Å². The van der Waals surface area contributed by atoms with Gasteiger partial charge in [-0.15, -0.1) is 0 Å². The Labute approximate surface area is 176 Å². The van der Waals surface area contributed by atoms with Crippen molar-refractivity contribution in [2.24, 2.45) is 11.3 Å². The van der Waals surface area contributed by atoms with Gasteiger partial charge >= 0.3 is 0 Å². The van der Waals surface area contributed by atoms with Gasteiger partial charge in [0.25, 0.3) is 0 Å². The van der Waals surface area contributed by atoms with Crippen LogP contribution in [0.1, 0.15) is 50.4 Å². The molecular weight excluding hydrogens is 393 g/mol. The largest absolute Gasteiger partial charge is 0.390 e. The summed E-state index contributed by atoms with van der Waals surface area (Å²) < 4.78 is 0. The molecular formula is C22H27Cl2N3O. The van der Waals surface area contributed by atoms with Crippen LogP contribution in [0.15, 0.2) is 18.2 Å². The van der Waals surface area contributed by atoms with Gasteiger partial charge in [-0.3, -0.25) is 0 Å². The normalized spacial score (nSPS) is 21.5. The first-order valence-corrected chi connectivity index (χ1v) is 10.9. The number of aryl methyl sites for hydroxylation is 1. The molecule has 4 rings (SSSR count). The molecule has 2 aromatic rings. The molecule has 1 N–H and O–H groups in total. The van der Waals surface area contributed by atoms with Gasteiger partial charge in [0, 0.05) is 23.7 Å². The predicted octanol–water partition coefficient (Wildman–Crippen LogP) is 5.66. The third kappa shape index (κ3) is 3.51. The SMILES string of the molecule is Cc1nc(N2CCC3(CCC[C@H]3C)CC2)c(CO)nc1-c1ccc(Cl)cc1Cl. The Balaban J connectivity index is 1.63. The summed E-state index contributed by atoms with van der Waals surface area (Å²) in [5.41, 5.74) is 3.42. The van der Waals surface area contributed by atoms with Gasteiger partial charge in [-0.1, -0.05) is 43.0 Å². The van der Waals surface area contributed by atoms with Crippen LogP contribution in [0.4, 0.5) is 5.82 Å². The first-order valence-electron chi connectivity index (χ1n) is 10.1. The second-order valence-electron chi connectivity index (χ2n) is 8.35. The summed E-state index contributed by atoms with van der Waals surface area (Å²) in [6.07, 6.45) is 6.47. The van der Waals surface area contributed by atoms with Crippen LogP contribution >= 0.6 is 23.2 Å². The monoisotopic (exact) mass is 419 g/mol. The minimum Gasteiger partial charge on any atom is -0.390 e. The molecule has 1 atom stereocenters. The van der Waals surface area contributed by atoms with Gasteiger partial charge in [-0.2, -0.15) is 0 Å². The number of aliphatic hydroxyl groups is 1. The van der Waals surface area contributed by atoms with E-state index in [1.165, 1.54) is 32.1 Å². The highest BCUT2D eigenvalue weighted by molar-refractivity contribution is 6.36. The van der Waals surface area contributed by atoms with E-state index in [-0.39, 0.29) is 6.61 Å². The zero-order valence-electron chi connectivity index (χ0n) is 16.5. The van der Waals surface area contributed by atoms with Crippen molar-refractivity contribution in [3.05, 3.63) is 39.6 Å². The highest BCUT2D eigenvalue weighted by Gasteiger charge is 2.42. The van der Waals surface area contributed by atoms with Gasteiger partial charge < -0.3 is 10.0 Å². The van der Waals surface area contributed by atoms with Crippen molar-refractivity contribution in [3.8, 4) is 11.3 Å². The Morgan fingerprint density at radius 1 is 1.18 bits per heavy atom. The summed E-state index contributed by atoms with van der Waals surface area (Å²) in [6, 6.07) is 5.36. The summed E-state index contributed by atoms with van der Waals surface area (Å²) in [7, 11) is 0. The van der Waals surface area contributed by atoms with Crippen LogP contribution in [0.5, 0.6) is 0 Å². The summed E-state index contributed by atoms with van der Waals surface area (Å²) in [6.45, 7) is 6.18. The Kier molecular flexibility index (Phi) is 5.56. The fourth-order valence-electron chi connectivity index (χ4n) is 5.06. The highest BCUT2D eigenvalue weighted by Crippen LogP contribution is 2.50. The molecule has 0 amide bonds. The zero-order valence-corrected chi connectivity index (χ0v) is 18.0. The Morgan fingerprint density at radius 3 is 2.54 bits per heavy atom. The van der Waals surface area contributed by atoms with E-state index in [9.17, 15) is 5.11 Å². The number of aromatic nitrogens is 2. The van der Waals surface area contributed by atoms with E-state index in [0.717, 1.165) is 36.1 Å². The van der Waals surface area contributed by atoms with Gasteiger partial charge in [0.1, 0.15) is 5.69 Å². The van der Waals surface area contributed by atoms with E-state index in [1.807, 2.05) is 13.0 Å². The molecule has 0 unspecified atom stereocenters. The number of hydrogen-bond donors (Lipinski definition) is 1. The maximum atomic E-state index is 9.99. The van der Waals surface area contributed by atoms with E-state index in [0.29, 0.717) is 26.8 Å². The standard InChI is InChI=1S/C22H27Cl2N3O/c1-14-4-3-7-22(14)8-10-27(11-9-22)21-19(13-28)26-20(15(2)25-21)17-6-5-16(23)12-18(17)24/h5-6,12,14,28H,3-4,7-11,13H2,1-2H3/t14-/m1/s1. The molecule has 2 aliphatic rings. The van der Waals surface area contributed by atoms with Gasteiger partial charge in [0.05, 0.1) is 23.0 Å². The fraction of sp³-hybridized carbons (Fsp3) is 0.545. The molecule has 6 heteroatoms. The van der Waals surface area contributed by atoms with Crippen molar-refractivity contribution in [2.75, 3.05) is 18.0 Å². The number of hydrogen-bond acceptors (Lipinski definition) is 4. The molecule has 0 radical (unpaired) electrons. The Hall–Kier alpha value is -1.36. The third-order valence-electron chi connectivity index (χ3n) is 6.87. The van der Waals surface area contributed by atoms with Crippen molar-refractivity contribution >= 4 is 29.0 Å².